The van der Waals surface area contributed by atoms with Crippen LogP contribution in [0.25, 0.3) is 0 Å². The van der Waals surface area contributed by atoms with E-state index in [0.29, 0.717) is 11.2 Å². The number of unbranched alkanes of at least 4 members (excludes halogenated alkanes) is 26. The summed E-state index contributed by atoms with van der Waals surface area (Å²) >= 11 is 0. The minimum atomic E-state index is 0.347. The predicted octanol–water partition coefficient (Wildman–Crippen LogP) is 22.9. The van der Waals surface area contributed by atoms with Gasteiger partial charge in [0.2, 0.25) is 0 Å². The molecule has 0 aromatic rings. The third-order valence-electron chi connectivity index (χ3n) is 12.8. The molecule has 0 aliphatic heterocycles. The second kappa shape index (κ2) is 53.1. The molecule has 0 spiro atoms. The first-order valence-electron chi connectivity index (χ1n) is 27.6. The van der Waals surface area contributed by atoms with Crippen molar-refractivity contribution >= 4 is 0 Å². The van der Waals surface area contributed by atoms with Crippen molar-refractivity contribution in [2.75, 3.05) is 0 Å². The summed E-state index contributed by atoms with van der Waals surface area (Å²) in [6.45, 7) is 39.9. The molecule has 1 saturated carbocycles. The second-order valence-corrected chi connectivity index (χ2v) is 19.9. The highest BCUT2D eigenvalue weighted by atomic mass is 16.3. The van der Waals surface area contributed by atoms with E-state index in [1.165, 1.54) is 241 Å². The molecule has 1 heteroatoms. The Balaban J connectivity index is -0.000000390. The van der Waals surface area contributed by atoms with Crippen molar-refractivity contribution in [3.8, 4) is 0 Å². The van der Waals surface area contributed by atoms with E-state index in [1.54, 1.807) is 0 Å². The topological polar surface area (TPSA) is 20.2 Å². The summed E-state index contributed by atoms with van der Waals surface area (Å²) in [7, 11) is 0. The summed E-state index contributed by atoms with van der Waals surface area (Å²) < 4.78 is 0. The summed E-state index contributed by atoms with van der Waals surface area (Å²) in [5.74, 6) is 2.19. The van der Waals surface area contributed by atoms with Crippen molar-refractivity contribution in [3.05, 3.63) is 48.8 Å². The summed E-state index contributed by atoms with van der Waals surface area (Å²) in [6.07, 6.45) is 51.7. The van der Waals surface area contributed by atoms with Gasteiger partial charge in [-0.15, -0.1) is 13.2 Å². The standard InChI is InChI=1S/C24H46.C19H38O.C10H18.C5H12.C2H6/c1-6-7-8-16-19-24(21-23(4)5)20-17-14-12-10-9-11-13-15-18-22(2)3;1-3-4-5-6-7-8-9-10-11-12-13-14-15-16-17-18-19(2)20;1-5-8(2)6-10(4)7-9(10)3;1-3-5-4-2;1-2/h24H,2,4,6-21H2,1,3,5H3;20H,2-18H2,1H3;9H,2,5-7H2,1,3-4H3;3-5H2,1-2H3;1-2H3. The fourth-order valence-corrected chi connectivity index (χ4v) is 8.26. The van der Waals surface area contributed by atoms with Gasteiger partial charge in [-0.3, -0.25) is 0 Å². The van der Waals surface area contributed by atoms with E-state index in [1.807, 2.05) is 13.8 Å². The van der Waals surface area contributed by atoms with E-state index in [2.05, 4.69) is 88.6 Å². The molecule has 1 fully saturated rings. The van der Waals surface area contributed by atoms with Crippen molar-refractivity contribution < 1.29 is 5.11 Å². The summed E-state index contributed by atoms with van der Waals surface area (Å²) in [5.41, 5.74) is 4.78. The van der Waals surface area contributed by atoms with Crippen LogP contribution < -0.4 is 0 Å². The van der Waals surface area contributed by atoms with E-state index < -0.39 is 0 Å². The Hall–Kier alpha value is -1.24. The maximum atomic E-state index is 8.96. The van der Waals surface area contributed by atoms with Gasteiger partial charge in [0.05, 0.1) is 5.76 Å². The summed E-state index contributed by atoms with van der Waals surface area (Å²) in [4.78, 5) is 0. The van der Waals surface area contributed by atoms with Crippen molar-refractivity contribution in [2.45, 2.75) is 320 Å². The first kappa shape index (κ1) is 66.4. The highest BCUT2D eigenvalue weighted by Gasteiger charge is 2.45. The smallest absolute Gasteiger partial charge is 0.0851 e. The Morgan fingerprint density at radius 2 is 0.803 bits per heavy atom. The molecule has 0 radical (unpaired) electrons. The van der Waals surface area contributed by atoms with Crippen molar-refractivity contribution in [1.82, 2.24) is 0 Å². The Morgan fingerprint density at radius 1 is 0.492 bits per heavy atom. The van der Waals surface area contributed by atoms with E-state index >= 15 is 0 Å². The molecule has 1 aliphatic carbocycles. The minimum Gasteiger partial charge on any atom is -0.513 e. The van der Waals surface area contributed by atoms with Crippen LogP contribution in [0.4, 0.5) is 0 Å². The minimum absolute atomic E-state index is 0.347. The van der Waals surface area contributed by atoms with Gasteiger partial charge in [0.15, 0.2) is 0 Å². The molecule has 0 bridgehead atoms. The van der Waals surface area contributed by atoms with Gasteiger partial charge in [-0.1, -0.05) is 285 Å². The monoisotopic (exact) mass is 857 g/mol. The van der Waals surface area contributed by atoms with Crippen LogP contribution in [-0.2, 0) is 0 Å². The Morgan fingerprint density at radius 3 is 1.08 bits per heavy atom. The van der Waals surface area contributed by atoms with Crippen molar-refractivity contribution in [3.63, 3.8) is 0 Å². The van der Waals surface area contributed by atoms with E-state index in [-0.39, 0.29) is 0 Å². The Kier molecular flexibility index (Phi) is 57.8. The zero-order chi connectivity index (χ0) is 46.8. The van der Waals surface area contributed by atoms with E-state index in [9.17, 15) is 0 Å². The number of allylic oxidation sites excluding steroid dienone is 4. The number of aliphatic hydroxyl groups excluding tert-OH is 1. The fourth-order valence-electron chi connectivity index (χ4n) is 8.26. The van der Waals surface area contributed by atoms with Crippen molar-refractivity contribution in [1.29, 1.82) is 0 Å². The maximum absolute atomic E-state index is 8.96. The molecule has 3 atom stereocenters. The number of aliphatic hydroxyl groups is 1. The number of rotatable bonds is 39. The molecule has 1 nitrogen and oxygen atoms in total. The molecule has 1 aliphatic rings. The first-order valence-corrected chi connectivity index (χ1v) is 27.6. The molecule has 0 amide bonds. The van der Waals surface area contributed by atoms with Crippen LogP contribution in [0.15, 0.2) is 48.8 Å². The average molecular weight is 858 g/mol. The van der Waals surface area contributed by atoms with Gasteiger partial charge < -0.3 is 5.11 Å². The molecule has 0 aromatic heterocycles. The Labute approximate surface area is 389 Å². The SMILES string of the molecule is C=C(C)CCCCCCCCCCC(CCCCCC)CC(=C)C.C=C(CC)CC1(C)CC1C.C=C(O)CCCCCCCCCCCCCCCCC.CC.CCCCC. The van der Waals surface area contributed by atoms with Gasteiger partial charge in [-0.05, 0) is 76.0 Å². The highest BCUT2D eigenvalue weighted by molar-refractivity contribution is 5.07. The van der Waals surface area contributed by atoms with Crippen LogP contribution >= 0.6 is 0 Å². The normalized spacial score (nSPS) is 15.4. The Bertz CT molecular complexity index is 908. The molecule has 3 unspecified atom stereocenters. The summed E-state index contributed by atoms with van der Waals surface area (Å²) in [6, 6.07) is 0. The zero-order valence-electron chi connectivity index (χ0n) is 44.8. The van der Waals surface area contributed by atoms with Crippen LogP contribution in [-0.4, -0.2) is 5.11 Å². The molecule has 0 heterocycles. The second-order valence-electron chi connectivity index (χ2n) is 19.9. The molecule has 366 valence electrons. The predicted molar refractivity (Wildman–Crippen MR) is 286 cm³/mol. The third-order valence-corrected chi connectivity index (χ3v) is 12.8. The molecule has 61 heavy (non-hydrogen) atoms. The lowest BCUT2D eigenvalue weighted by Crippen LogP contribution is -2.01. The van der Waals surface area contributed by atoms with Crippen LogP contribution in [0.2, 0.25) is 0 Å². The highest BCUT2D eigenvalue weighted by Crippen LogP contribution is 2.55. The molecular formula is C60H120O. The van der Waals surface area contributed by atoms with Crippen LogP contribution in [0.5, 0.6) is 0 Å². The van der Waals surface area contributed by atoms with Crippen molar-refractivity contribution in [2.24, 2.45) is 17.3 Å². The van der Waals surface area contributed by atoms with Gasteiger partial charge in [-0.25, -0.2) is 0 Å². The lowest BCUT2D eigenvalue weighted by Gasteiger charge is -2.17. The van der Waals surface area contributed by atoms with Gasteiger partial charge in [0.25, 0.3) is 0 Å². The van der Waals surface area contributed by atoms with E-state index in [4.69, 9.17) is 5.11 Å². The molecule has 0 saturated heterocycles. The average Bonchev–Trinajstić information content (AvgIpc) is 3.83. The van der Waals surface area contributed by atoms with Gasteiger partial charge in [-0.2, -0.15) is 0 Å². The molecule has 0 aromatic carbocycles. The lowest BCUT2D eigenvalue weighted by atomic mass is 9.89. The number of hydrogen-bond donors (Lipinski definition) is 1. The van der Waals surface area contributed by atoms with Gasteiger partial charge >= 0.3 is 0 Å². The third kappa shape index (κ3) is 58.8. The molecular weight excluding hydrogens is 737 g/mol. The first-order chi connectivity index (χ1) is 29.3. The van der Waals surface area contributed by atoms with Gasteiger partial charge in [0.1, 0.15) is 0 Å². The molecule has 1 rings (SSSR count). The molecule has 1 N–H and O–H groups in total. The lowest BCUT2D eigenvalue weighted by molar-refractivity contribution is 0.383. The van der Waals surface area contributed by atoms with Crippen LogP contribution in [0.1, 0.15) is 320 Å². The summed E-state index contributed by atoms with van der Waals surface area (Å²) in [5, 5.41) is 8.96. The zero-order valence-corrected chi connectivity index (χ0v) is 44.8. The van der Waals surface area contributed by atoms with Crippen LogP contribution in [0.3, 0.4) is 0 Å². The van der Waals surface area contributed by atoms with E-state index in [0.717, 1.165) is 31.1 Å². The quantitative estimate of drug-likeness (QED) is 0.0371. The maximum Gasteiger partial charge on any atom is 0.0851 e. The fraction of sp³-hybridized carbons (Fsp3) is 0.867. The largest absolute Gasteiger partial charge is 0.513 e. The van der Waals surface area contributed by atoms with Crippen LogP contribution in [0, 0.1) is 17.3 Å². The number of hydrogen-bond acceptors (Lipinski definition) is 1. The van der Waals surface area contributed by atoms with Gasteiger partial charge in [0, 0.05) is 6.42 Å².